The van der Waals surface area contributed by atoms with Crippen LogP contribution in [-0.4, -0.2) is 11.9 Å². The van der Waals surface area contributed by atoms with Gasteiger partial charge in [0.2, 0.25) is 0 Å². The van der Waals surface area contributed by atoms with Crippen molar-refractivity contribution >= 4 is 23.3 Å². The third-order valence-electron chi connectivity index (χ3n) is 20.1. The molecule has 0 aliphatic rings. The fourth-order valence-corrected chi connectivity index (χ4v) is 13.8. The molecule has 0 radical (unpaired) electrons. The van der Waals surface area contributed by atoms with E-state index in [9.17, 15) is 0 Å². The Hall–Kier alpha value is -1.99. The summed E-state index contributed by atoms with van der Waals surface area (Å²) in [5.74, 6) is 0. The predicted octanol–water partition coefficient (Wildman–Crippen LogP) is 32.0. The van der Waals surface area contributed by atoms with E-state index in [0.717, 1.165) is 23.5 Å². The SMILES string of the molecule is CCCCCCCCCCCCCCCCCC/C=C/C(C=Nc1ccc(CCCCCCCCCCCCCCCCCCCCCCCCCCC)cc1)=Nc1ccc(CCCCCCCCCCCCCCCCCCCCCCCCCCC)cc1.[Ni+2]. The Morgan fingerprint density at radius 1 is 0.242 bits per heavy atom. The Morgan fingerprint density at radius 3 is 0.670 bits per heavy atom. The normalized spacial score (nSPS) is 12.0. The van der Waals surface area contributed by atoms with Crippen molar-refractivity contribution in [2.45, 2.75) is 464 Å². The predicted molar refractivity (Wildman–Crippen MR) is 411 cm³/mol. The first-order chi connectivity index (χ1) is 44.7. The van der Waals surface area contributed by atoms with Crippen LogP contribution in [0, 0.1) is 0 Å². The molecule has 0 saturated carbocycles. The summed E-state index contributed by atoms with van der Waals surface area (Å²) in [6.45, 7) is 6.94. The van der Waals surface area contributed by atoms with E-state index in [0.29, 0.717) is 0 Å². The Morgan fingerprint density at radius 2 is 0.440 bits per heavy atom. The van der Waals surface area contributed by atoms with Crippen molar-refractivity contribution in [2.75, 3.05) is 0 Å². The van der Waals surface area contributed by atoms with Crippen LogP contribution < -0.4 is 0 Å². The third-order valence-corrected chi connectivity index (χ3v) is 20.1. The molecule has 0 aromatic heterocycles. The molecule has 0 saturated heterocycles. The smallest absolute Gasteiger partial charge is 0.255 e. The fourth-order valence-electron chi connectivity index (χ4n) is 13.8. The van der Waals surface area contributed by atoms with Crippen LogP contribution in [0.15, 0.2) is 70.7 Å². The molecule has 2 aromatic carbocycles. The van der Waals surface area contributed by atoms with Crippen molar-refractivity contribution in [1.82, 2.24) is 0 Å². The van der Waals surface area contributed by atoms with E-state index in [4.69, 9.17) is 9.98 Å². The number of aliphatic imine (C=N–C) groups is 2. The van der Waals surface area contributed by atoms with Gasteiger partial charge in [0.15, 0.2) is 0 Å². The zero-order valence-electron chi connectivity index (χ0n) is 61.9. The number of unbranched alkanes of at least 4 members (excludes halogenated alkanes) is 64. The summed E-state index contributed by atoms with van der Waals surface area (Å²) in [6, 6.07) is 18.1. The second-order valence-corrected chi connectivity index (χ2v) is 29.1. The molecular weight excluding hydrogens is 1140 g/mol. The molecule has 0 atom stereocenters. The maximum Gasteiger partial charge on any atom is 2.00 e. The van der Waals surface area contributed by atoms with Gasteiger partial charge < -0.3 is 0 Å². The van der Waals surface area contributed by atoms with E-state index in [-0.39, 0.29) is 16.5 Å². The van der Waals surface area contributed by atoms with Crippen LogP contribution in [0.5, 0.6) is 0 Å². The molecule has 0 aliphatic carbocycles. The zero-order valence-corrected chi connectivity index (χ0v) is 62.8. The number of nitrogens with zero attached hydrogens (tertiary/aromatic N) is 2. The first-order valence-electron chi connectivity index (χ1n) is 41.7. The number of benzene rings is 2. The molecule has 2 nitrogen and oxygen atoms in total. The molecule has 3 heteroatoms. The van der Waals surface area contributed by atoms with Crippen LogP contribution in [0.4, 0.5) is 11.4 Å². The van der Waals surface area contributed by atoms with E-state index >= 15 is 0 Å². The van der Waals surface area contributed by atoms with Gasteiger partial charge in [0.05, 0.1) is 23.3 Å². The number of hydrogen-bond donors (Lipinski definition) is 0. The van der Waals surface area contributed by atoms with E-state index in [2.05, 4.69) is 81.5 Å². The van der Waals surface area contributed by atoms with Crippen LogP contribution in [0.1, 0.15) is 462 Å². The van der Waals surface area contributed by atoms with Gasteiger partial charge in [-0.05, 0) is 80.0 Å². The van der Waals surface area contributed by atoms with Gasteiger partial charge in [-0.15, -0.1) is 0 Å². The van der Waals surface area contributed by atoms with E-state index < -0.39 is 0 Å². The van der Waals surface area contributed by atoms with E-state index in [1.807, 2.05) is 6.21 Å². The molecular formula is C88H158N2Ni+2. The van der Waals surface area contributed by atoms with Crippen LogP contribution in [-0.2, 0) is 29.3 Å². The molecule has 0 heterocycles. The fraction of sp³-hybridized carbons (Fsp3) is 0.818. The average Bonchev–Trinajstić information content (AvgIpc) is 3.00. The van der Waals surface area contributed by atoms with Gasteiger partial charge in [-0.2, -0.15) is 0 Å². The third kappa shape index (κ3) is 63.8. The molecule has 0 amide bonds. The summed E-state index contributed by atoms with van der Waals surface area (Å²) in [5, 5.41) is 0. The van der Waals surface area contributed by atoms with Gasteiger partial charge in [-0.1, -0.05) is 456 Å². The monoisotopic (exact) mass is 1300 g/mol. The minimum atomic E-state index is 0. The topological polar surface area (TPSA) is 24.7 Å². The maximum absolute atomic E-state index is 5.15. The summed E-state index contributed by atoms with van der Waals surface area (Å²) in [5.41, 5.74) is 5.87. The van der Waals surface area contributed by atoms with Gasteiger partial charge in [-0.25, -0.2) is 4.99 Å². The zero-order chi connectivity index (χ0) is 63.9. The van der Waals surface area contributed by atoms with E-state index in [1.165, 1.54) is 448 Å². The Balaban J connectivity index is 0.0000414. The molecule has 0 fully saturated rings. The van der Waals surface area contributed by atoms with Gasteiger partial charge in [0.1, 0.15) is 0 Å². The summed E-state index contributed by atoms with van der Waals surface area (Å²) in [7, 11) is 0. The van der Waals surface area contributed by atoms with Crippen LogP contribution >= 0.6 is 0 Å². The van der Waals surface area contributed by atoms with Crippen molar-refractivity contribution in [3.05, 3.63) is 71.8 Å². The number of allylic oxidation sites excluding steroid dienone is 2. The van der Waals surface area contributed by atoms with Crippen molar-refractivity contribution in [1.29, 1.82) is 0 Å². The summed E-state index contributed by atoms with van der Waals surface area (Å²) in [6.07, 6.45) is 105. The number of hydrogen-bond acceptors (Lipinski definition) is 2. The van der Waals surface area contributed by atoms with Crippen molar-refractivity contribution in [2.24, 2.45) is 9.98 Å². The standard InChI is InChI=1S/C88H158N2.Ni/c1-4-7-10-13-16-19-22-25-28-31-34-36-38-40-42-44-46-48-51-54-57-60-63-66-69-72-84-75-79-86(80-76-84)89-83-88(74-71-68-65-62-59-56-53-50-33-30-27-24-21-18-15-12-9-6-3)90-87-81-77-85(78-82-87)73-70-67-64-61-58-55-52-49-47-45-43-41-39-37-35-32-29-26-23-20-17-14-11-8-5-2;/h71,74-83H,4-70,72-73H2,1-3H3;/q;+2/b74-71+,89-83?,90-88?;. The van der Waals surface area contributed by atoms with Crippen molar-refractivity contribution < 1.29 is 16.5 Å². The maximum atomic E-state index is 5.15. The van der Waals surface area contributed by atoms with Crippen LogP contribution in [0.25, 0.3) is 0 Å². The summed E-state index contributed by atoms with van der Waals surface area (Å²) in [4.78, 5) is 10.1. The molecule has 0 aliphatic heterocycles. The minimum Gasteiger partial charge on any atom is -0.255 e. The summed E-state index contributed by atoms with van der Waals surface area (Å²) < 4.78 is 0. The molecule has 0 unspecified atom stereocenters. The van der Waals surface area contributed by atoms with E-state index in [1.54, 1.807) is 0 Å². The molecule has 2 rings (SSSR count). The van der Waals surface area contributed by atoms with Gasteiger partial charge in [0.25, 0.3) is 0 Å². The Bertz CT molecular complexity index is 1780. The molecule has 0 spiro atoms. The Kier molecular flexibility index (Phi) is 70.6. The number of aryl methyl sites for hydroxylation is 2. The second-order valence-electron chi connectivity index (χ2n) is 29.1. The molecule has 0 bridgehead atoms. The van der Waals surface area contributed by atoms with Gasteiger partial charge in [-0.3, -0.25) is 4.99 Å². The first kappa shape index (κ1) is 87.0. The molecule has 91 heavy (non-hydrogen) atoms. The van der Waals surface area contributed by atoms with Gasteiger partial charge >= 0.3 is 16.5 Å². The second kappa shape index (κ2) is 73.8. The minimum absolute atomic E-state index is 0. The largest absolute Gasteiger partial charge is 2.00 e. The summed E-state index contributed by atoms with van der Waals surface area (Å²) >= 11 is 0. The van der Waals surface area contributed by atoms with Crippen molar-refractivity contribution in [3.8, 4) is 0 Å². The quantitative estimate of drug-likeness (QED) is 0.0358. The van der Waals surface area contributed by atoms with Crippen molar-refractivity contribution in [3.63, 3.8) is 0 Å². The van der Waals surface area contributed by atoms with Gasteiger partial charge in [0, 0.05) is 0 Å². The van der Waals surface area contributed by atoms with Crippen LogP contribution in [0.2, 0.25) is 0 Å². The van der Waals surface area contributed by atoms with Crippen LogP contribution in [0.3, 0.4) is 0 Å². The Labute approximate surface area is 581 Å². The molecule has 528 valence electrons. The molecule has 0 N–H and O–H groups in total. The molecule has 2 aromatic rings. The number of rotatable bonds is 73. The average molecular weight is 1300 g/mol. The first-order valence-corrected chi connectivity index (χ1v) is 41.7.